The molecule has 30 heavy (non-hydrogen) atoms. The van der Waals surface area contributed by atoms with Crippen molar-refractivity contribution in [2.75, 3.05) is 26.3 Å². The standard InChI is InChI=1S/C22H28N2O6/c1-3-29-19(25)11-10-18(22(28)30-4-2)24-20(26)16-13-23(14-17(16)21(24)27)12-15-8-6-5-7-9-15/h5-9,16-18H,3-4,10-14H2,1-2H3/t16-,17+,18-/m0/s1. The first-order valence-corrected chi connectivity index (χ1v) is 10.4. The Morgan fingerprint density at radius 1 is 1.00 bits per heavy atom. The van der Waals surface area contributed by atoms with Gasteiger partial charge in [0, 0.05) is 26.1 Å². The van der Waals surface area contributed by atoms with Crippen LogP contribution in [-0.2, 0) is 35.2 Å². The van der Waals surface area contributed by atoms with Crippen molar-refractivity contribution in [2.24, 2.45) is 11.8 Å². The maximum absolute atomic E-state index is 13.1. The van der Waals surface area contributed by atoms with Gasteiger partial charge in [-0.25, -0.2) is 4.79 Å². The van der Waals surface area contributed by atoms with Crippen LogP contribution in [0, 0.1) is 11.8 Å². The third kappa shape index (κ3) is 4.70. The van der Waals surface area contributed by atoms with Crippen molar-refractivity contribution in [2.45, 2.75) is 39.3 Å². The predicted octanol–water partition coefficient (Wildman–Crippen LogP) is 1.38. The molecule has 3 rings (SSSR count). The van der Waals surface area contributed by atoms with Crippen LogP contribution in [0.5, 0.6) is 0 Å². The van der Waals surface area contributed by atoms with Gasteiger partial charge in [0.2, 0.25) is 11.8 Å². The molecule has 2 heterocycles. The molecule has 2 aliphatic rings. The third-order valence-electron chi connectivity index (χ3n) is 5.55. The van der Waals surface area contributed by atoms with Crippen molar-refractivity contribution in [3.63, 3.8) is 0 Å². The molecule has 2 amide bonds. The van der Waals surface area contributed by atoms with Gasteiger partial charge in [0.25, 0.3) is 0 Å². The summed E-state index contributed by atoms with van der Waals surface area (Å²) in [7, 11) is 0. The molecule has 3 atom stereocenters. The second-order valence-electron chi connectivity index (χ2n) is 7.55. The van der Waals surface area contributed by atoms with E-state index in [4.69, 9.17) is 9.47 Å². The molecule has 0 aliphatic carbocycles. The molecular weight excluding hydrogens is 388 g/mol. The monoisotopic (exact) mass is 416 g/mol. The molecule has 2 aliphatic heterocycles. The SMILES string of the molecule is CCOC(=O)CC[C@@H](C(=O)OCC)N1C(=O)[C@H]2CN(Cc3ccccc3)C[C@H]2C1=O. The lowest BCUT2D eigenvalue weighted by atomic mass is 10.00. The lowest BCUT2D eigenvalue weighted by Crippen LogP contribution is -2.48. The van der Waals surface area contributed by atoms with Crippen LogP contribution in [0.1, 0.15) is 32.3 Å². The number of fused-ring (bicyclic) bond motifs is 1. The topological polar surface area (TPSA) is 93.2 Å². The molecule has 0 aromatic heterocycles. The van der Waals surface area contributed by atoms with Crippen LogP contribution in [0.15, 0.2) is 30.3 Å². The summed E-state index contributed by atoms with van der Waals surface area (Å²) in [4.78, 5) is 53.5. The van der Waals surface area contributed by atoms with E-state index in [9.17, 15) is 19.2 Å². The molecular formula is C22H28N2O6. The van der Waals surface area contributed by atoms with Gasteiger partial charge in [0.05, 0.1) is 25.0 Å². The van der Waals surface area contributed by atoms with Crippen molar-refractivity contribution >= 4 is 23.8 Å². The molecule has 0 bridgehead atoms. The van der Waals surface area contributed by atoms with Crippen molar-refractivity contribution in [1.29, 1.82) is 0 Å². The minimum atomic E-state index is -1.09. The Balaban J connectivity index is 1.69. The summed E-state index contributed by atoms with van der Waals surface area (Å²) in [6.07, 6.45) is -0.0633. The quantitative estimate of drug-likeness (QED) is 0.443. The summed E-state index contributed by atoms with van der Waals surface area (Å²) in [5, 5.41) is 0. The van der Waals surface area contributed by atoms with Crippen LogP contribution in [0.4, 0.5) is 0 Å². The van der Waals surface area contributed by atoms with Crippen LogP contribution in [0.2, 0.25) is 0 Å². The summed E-state index contributed by atoms with van der Waals surface area (Å²) >= 11 is 0. The van der Waals surface area contributed by atoms with Gasteiger partial charge in [0.15, 0.2) is 0 Å². The molecule has 0 saturated carbocycles. The number of hydrogen-bond acceptors (Lipinski definition) is 7. The molecule has 2 fully saturated rings. The van der Waals surface area contributed by atoms with Crippen LogP contribution in [-0.4, -0.2) is 65.9 Å². The lowest BCUT2D eigenvalue weighted by Gasteiger charge is -2.26. The van der Waals surface area contributed by atoms with E-state index in [1.165, 1.54) is 0 Å². The van der Waals surface area contributed by atoms with Gasteiger partial charge < -0.3 is 9.47 Å². The van der Waals surface area contributed by atoms with Crippen molar-refractivity contribution < 1.29 is 28.7 Å². The largest absolute Gasteiger partial charge is 0.466 e. The highest BCUT2D eigenvalue weighted by molar-refractivity contribution is 6.08. The van der Waals surface area contributed by atoms with Gasteiger partial charge in [-0.05, 0) is 25.8 Å². The number of esters is 2. The highest BCUT2D eigenvalue weighted by Crippen LogP contribution is 2.36. The van der Waals surface area contributed by atoms with Crippen LogP contribution >= 0.6 is 0 Å². The second kappa shape index (κ2) is 9.84. The van der Waals surface area contributed by atoms with E-state index >= 15 is 0 Å². The molecule has 0 N–H and O–H groups in total. The lowest BCUT2D eigenvalue weighted by molar-refractivity contribution is -0.160. The van der Waals surface area contributed by atoms with E-state index in [2.05, 4.69) is 4.90 Å². The third-order valence-corrected chi connectivity index (χ3v) is 5.55. The van der Waals surface area contributed by atoms with E-state index in [-0.39, 0.29) is 37.9 Å². The van der Waals surface area contributed by atoms with E-state index in [0.29, 0.717) is 19.6 Å². The Morgan fingerprint density at radius 2 is 1.60 bits per heavy atom. The number of likely N-dealkylation sites (tertiary alicyclic amines) is 2. The molecule has 162 valence electrons. The molecule has 2 saturated heterocycles. The number of rotatable bonds is 9. The van der Waals surface area contributed by atoms with E-state index < -0.39 is 29.8 Å². The van der Waals surface area contributed by atoms with Crippen LogP contribution in [0.25, 0.3) is 0 Å². The van der Waals surface area contributed by atoms with Gasteiger partial charge in [-0.1, -0.05) is 30.3 Å². The average Bonchev–Trinajstić information content (AvgIpc) is 3.23. The number of hydrogen-bond donors (Lipinski definition) is 0. The van der Waals surface area contributed by atoms with Crippen molar-refractivity contribution in [3.05, 3.63) is 35.9 Å². The minimum absolute atomic E-state index is 0.00230. The number of benzene rings is 1. The van der Waals surface area contributed by atoms with Gasteiger partial charge in [-0.15, -0.1) is 0 Å². The van der Waals surface area contributed by atoms with Gasteiger partial charge in [0.1, 0.15) is 6.04 Å². The van der Waals surface area contributed by atoms with Crippen molar-refractivity contribution in [1.82, 2.24) is 9.80 Å². The second-order valence-corrected chi connectivity index (χ2v) is 7.55. The number of ether oxygens (including phenoxy) is 2. The fourth-order valence-corrected chi connectivity index (χ4v) is 4.21. The number of nitrogens with zero attached hydrogens (tertiary/aromatic N) is 2. The number of carbonyl (C=O) groups is 4. The molecule has 8 heteroatoms. The highest BCUT2D eigenvalue weighted by Gasteiger charge is 2.55. The smallest absolute Gasteiger partial charge is 0.329 e. The summed E-state index contributed by atoms with van der Waals surface area (Å²) in [5.41, 5.74) is 1.12. The Hall–Kier alpha value is -2.74. The summed E-state index contributed by atoms with van der Waals surface area (Å²) in [5.74, 6) is -2.80. The van der Waals surface area contributed by atoms with Gasteiger partial charge in [-0.2, -0.15) is 0 Å². The van der Waals surface area contributed by atoms with Crippen molar-refractivity contribution in [3.8, 4) is 0 Å². The van der Waals surface area contributed by atoms with Gasteiger partial charge >= 0.3 is 11.9 Å². The Kier molecular flexibility index (Phi) is 7.20. The zero-order valence-corrected chi connectivity index (χ0v) is 17.4. The Labute approximate surface area is 176 Å². The van der Waals surface area contributed by atoms with Crippen LogP contribution in [0.3, 0.4) is 0 Å². The zero-order chi connectivity index (χ0) is 21.7. The fraction of sp³-hybridized carbons (Fsp3) is 0.545. The van der Waals surface area contributed by atoms with E-state index in [0.717, 1.165) is 10.5 Å². The molecule has 8 nitrogen and oxygen atoms in total. The Bertz CT molecular complexity index is 772. The molecule has 0 spiro atoms. The summed E-state index contributed by atoms with van der Waals surface area (Å²) in [6, 6.07) is 8.78. The molecule has 0 radical (unpaired) electrons. The first-order chi connectivity index (χ1) is 14.5. The number of carbonyl (C=O) groups excluding carboxylic acids is 4. The first kappa shape index (κ1) is 22.0. The van der Waals surface area contributed by atoms with Gasteiger partial charge in [-0.3, -0.25) is 24.2 Å². The van der Waals surface area contributed by atoms with E-state index in [1.807, 2.05) is 30.3 Å². The summed E-state index contributed by atoms with van der Waals surface area (Å²) < 4.78 is 9.99. The number of amides is 2. The van der Waals surface area contributed by atoms with E-state index in [1.54, 1.807) is 13.8 Å². The predicted molar refractivity (Wildman–Crippen MR) is 107 cm³/mol. The maximum Gasteiger partial charge on any atom is 0.329 e. The maximum atomic E-state index is 13.1. The molecule has 1 aromatic rings. The normalized spacial score (nSPS) is 22.1. The average molecular weight is 416 g/mol. The Morgan fingerprint density at radius 3 is 2.17 bits per heavy atom. The zero-order valence-electron chi connectivity index (χ0n) is 17.4. The highest BCUT2D eigenvalue weighted by atomic mass is 16.5. The molecule has 1 aromatic carbocycles. The summed E-state index contributed by atoms with van der Waals surface area (Å²) in [6.45, 7) is 5.30. The number of imide groups is 1. The minimum Gasteiger partial charge on any atom is -0.466 e. The van der Waals surface area contributed by atoms with Crippen LogP contribution < -0.4 is 0 Å². The first-order valence-electron chi connectivity index (χ1n) is 10.4. The molecule has 0 unspecified atom stereocenters. The fourth-order valence-electron chi connectivity index (χ4n) is 4.21.